The van der Waals surface area contributed by atoms with Gasteiger partial charge in [0.1, 0.15) is 0 Å². The summed E-state index contributed by atoms with van der Waals surface area (Å²) in [5.74, 6) is 0.526. The van der Waals surface area contributed by atoms with Crippen LogP contribution in [0.4, 0.5) is 0 Å². The van der Waals surface area contributed by atoms with E-state index in [1.54, 1.807) is 0 Å². The average molecular weight is 264 g/mol. The van der Waals surface area contributed by atoms with Crippen molar-refractivity contribution in [1.29, 1.82) is 0 Å². The van der Waals surface area contributed by atoms with Crippen LogP contribution in [0.5, 0.6) is 0 Å². The molecule has 1 atom stereocenters. The molecule has 1 saturated heterocycles. The molecule has 0 radical (unpaired) electrons. The van der Waals surface area contributed by atoms with Gasteiger partial charge >= 0.3 is 0 Å². The largest absolute Gasteiger partial charge is 0.387 e. The Morgan fingerprint density at radius 3 is 2.32 bits per heavy atom. The van der Waals surface area contributed by atoms with E-state index in [9.17, 15) is 5.11 Å². The highest BCUT2D eigenvalue weighted by Gasteiger charge is 2.13. The maximum Gasteiger partial charge on any atom is 0.0928 e. The van der Waals surface area contributed by atoms with Crippen molar-refractivity contribution in [2.45, 2.75) is 25.9 Å². The Labute approximate surface area is 115 Å². The molecule has 1 fully saturated rings. The normalized spacial score (nSPS) is 18.7. The van der Waals surface area contributed by atoms with Gasteiger partial charge in [0.15, 0.2) is 0 Å². The Hall–Kier alpha value is -0.940. The first-order valence-electron chi connectivity index (χ1n) is 7.01. The van der Waals surface area contributed by atoms with E-state index in [0.29, 0.717) is 12.5 Å². The number of morpholine rings is 1. The predicted molar refractivity (Wildman–Crippen MR) is 75.9 cm³/mol. The molecule has 1 aliphatic heterocycles. The maximum atomic E-state index is 10.2. The number of hydrazine groups is 1. The topological polar surface area (TPSA) is 44.7 Å². The third-order valence-electron chi connectivity index (χ3n) is 3.51. The van der Waals surface area contributed by atoms with Crippen LogP contribution in [0.1, 0.15) is 37.0 Å². The molecule has 0 bridgehead atoms. The summed E-state index contributed by atoms with van der Waals surface area (Å²) < 4.78 is 5.28. The summed E-state index contributed by atoms with van der Waals surface area (Å²) in [6, 6.07) is 8.22. The molecule has 1 aromatic rings. The second kappa shape index (κ2) is 7.01. The van der Waals surface area contributed by atoms with E-state index >= 15 is 0 Å². The van der Waals surface area contributed by atoms with Crippen molar-refractivity contribution >= 4 is 0 Å². The van der Waals surface area contributed by atoms with E-state index in [2.05, 4.69) is 36.4 Å². The Morgan fingerprint density at radius 1 is 1.16 bits per heavy atom. The van der Waals surface area contributed by atoms with Crippen molar-refractivity contribution in [2.75, 3.05) is 32.8 Å². The van der Waals surface area contributed by atoms with E-state index < -0.39 is 6.10 Å². The zero-order valence-electron chi connectivity index (χ0n) is 11.8. The van der Waals surface area contributed by atoms with Crippen molar-refractivity contribution in [2.24, 2.45) is 0 Å². The monoisotopic (exact) mass is 264 g/mol. The van der Waals surface area contributed by atoms with Crippen LogP contribution in [0.3, 0.4) is 0 Å². The predicted octanol–water partition coefficient (Wildman–Crippen LogP) is 1.68. The molecule has 106 valence electrons. The number of nitrogens with zero attached hydrogens (tertiary/aromatic N) is 1. The minimum atomic E-state index is -0.468. The van der Waals surface area contributed by atoms with Crippen LogP contribution in [0.25, 0.3) is 0 Å². The smallest absolute Gasteiger partial charge is 0.0928 e. The van der Waals surface area contributed by atoms with Crippen LogP contribution in [-0.2, 0) is 4.74 Å². The Bertz CT molecular complexity index is 372. The molecule has 0 amide bonds. The third-order valence-corrected chi connectivity index (χ3v) is 3.51. The Kier molecular flexibility index (Phi) is 5.34. The fourth-order valence-electron chi connectivity index (χ4n) is 2.16. The van der Waals surface area contributed by atoms with Crippen LogP contribution in [0.15, 0.2) is 24.3 Å². The van der Waals surface area contributed by atoms with Crippen molar-refractivity contribution < 1.29 is 9.84 Å². The van der Waals surface area contributed by atoms with Gasteiger partial charge < -0.3 is 9.84 Å². The Balaban J connectivity index is 1.83. The van der Waals surface area contributed by atoms with Crippen molar-refractivity contribution in [3.63, 3.8) is 0 Å². The maximum absolute atomic E-state index is 10.2. The van der Waals surface area contributed by atoms with Gasteiger partial charge in [-0.15, -0.1) is 0 Å². The minimum Gasteiger partial charge on any atom is -0.387 e. The zero-order chi connectivity index (χ0) is 13.7. The minimum absolute atomic E-state index is 0.468. The number of aliphatic hydroxyl groups excluding tert-OH is 1. The van der Waals surface area contributed by atoms with Gasteiger partial charge in [-0.05, 0) is 17.0 Å². The highest BCUT2D eigenvalue weighted by atomic mass is 16.5. The van der Waals surface area contributed by atoms with Gasteiger partial charge in [-0.3, -0.25) is 5.43 Å². The molecule has 0 aromatic heterocycles. The van der Waals surface area contributed by atoms with E-state index in [-0.39, 0.29) is 0 Å². The number of hydrogen-bond acceptors (Lipinski definition) is 4. The molecule has 1 aliphatic rings. The van der Waals surface area contributed by atoms with Gasteiger partial charge in [0, 0.05) is 19.6 Å². The second-order valence-electron chi connectivity index (χ2n) is 5.30. The Morgan fingerprint density at radius 2 is 1.74 bits per heavy atom. The van der Waals surface area contributed by atoms with E-state index in [1.165, 1.54) is 5.56 Å². The number of rotatable bonds is 5. The summed E-state index contributed by atoms with van der Waals surface area (Å²) in [6.07, 6.45) is -0.468. The van der Waals surface area contributed by atoms with Crippen LogP contribution in [0.2, 0.25) is 0 Å². The number of ether oxygens (including phenoxy) is 1. The lowest BCUT2D eigenvalue weighted by Gasteiger charge is -2.28. The molecular weight excluding hydrogens is 240 g/mol. The lowest BCUT2D eigenvalue weighted by molar-refractivity contribution is 0.00312. The van der Waals surface area contributed by atoms with Gasteiger partial charge in [0.2, 0.25) is 0 Å². The number of aliphatic hydroxyl groups is 1. The summed E-state index contributed by atoms with van der Waals surface area (Å²) >= 11 is 0. The van der Waals surface area contributed by atoms with Gasteiger partial charge in [0.05, 0.1) is 19.3 Å². The first-order chi connectivity index (χ1) is 9.16. The van der Waals surface area contributed by atoms with Crippen LogP contribution < -0.4 is 5.43 Å². The molecule has 0 spiro atoms. The lowest BCUT2D eigenvalue weighted by atomic mass is 10.00. The molecular formula is C15H24N2O2. The van der Waals surface area contributed by atoms with Gasteiger partial charge in [-0.25, -0.2) is 5.01 Å². The summed E-state index contributed by atoms with van der Waals surface area (Å²) in [5.41, 5.74) is 5.53. The van der Waals surface area contributed by atoms with Crippen molar-refractivity contribution in [3.8, 4) is 0 Å². The summed E-state index contributed by atoms with van der Waals surface area (Å²) in [7, 11) is 0. The quantitative estimate of drug-likeness (QED) is 0.849. The zero-order valence-corrected chi connectivity index (χ0v) is 11.8. The molecule has 0 saturated carbocycles. The average Bonchev–Trinajstić information content (AvgIpc) is 2.46. The molecule has 19 heavy (non-hydrogen) atoms. The fourth-order valence-corrected chi connectivity index (χ4v) is 2.16. The van der Waals surface area contributed by atoms with Crippen LogP contribution in [-0.4, -0.2) is 43.0 Å². The molecule has 4 heteroatoms. The number of benzene rings is 1. The summed E-state index contributed by atoms with van der Waals surface area (Å²) in [5, 5.41) is 12.3. The SMILES string of the molecule is CC(C)c1ccc(C(O)CNN2CCOCC2)cc1. The molecule has 2 N–H and O–H groups in total. The molecule has 1 aromatic carbocycles. The summed E-state index contributed by atoms with van der Waals surface area (Å²) in [4.78, 5) is 0. The van der Waals surface area contributed by atoms with Gasteiger partial charge in [0.25, 0.3) is 0 Å². The second-order valence-corrected chi connectivity index (χ2v) is 5.30. The van der Waals surface area contributed by atoms with E-state index in [0.717, 1.165) is 31.9 Å². The van der Waals surface area contributed by atoms with E-state index in [4.69, 9.17) is 4.74 Å². The van der Waals surface area contributed by atoms with E-state index in [1.807, 2.05) is 12.1 Å². The highest BCUT2D eigenvalue weighted by molar-refractivity contribution is 5.26. The first-order valence-corrected chi connectivity index (χ1v) is 7.01. The van der Waals surface area contributed by atoms with Gasteiger partial charge in [-0.1, -0.05) is 38.1 Å². The summed E-state index contributed by atoms with van der Waals surface area (Å²) in [6.45, 7) is 8.15. The molecule has 2 rings (SSSR count). The molecule has 4 nitrogen and oxygen atoms in total. The molecule has 1 heterocycles. The highest BCUT2D eigenvalue weighted by Crippen LogP contribution is 2.18. The van der Waals surface area contributed by atoms with Crippen molar-refractivity contribution in [3.05, 3.63) is 35.4 Å². The number of hydrogen-bond donors (Lipinski definition) is 2. The lowest BCUT2D eigenvalue weighted by Crippen LogP contribution is -2.47. The van der Waals surface area contributed by atoms with Gasteiger partial charge in [-0.2, -0.15) is 0 Å². The molecule has 0 aliphatic carbocycles. The standard InChI is InChI=1S/C15H24N2O2/c1-12(2)13-3-5-14(6-4-13)15(18)11-16-17-7-9-19-10-8-17/h3-6,12,15-16,18H,7-11H2,1-2H3. The first kappa shape index (κ1) is 14.5. The fraction of sp³-hybridized carbons (Fsp3) is 0.600. The molecule has 1 unspecified atom stereocenters. The third kappa shape index (κ3) is 4.28. The van der Waals surface area contributed by atoms with Crippen molar-refractivity contribution in [1.82, 2.24) is 10.4 Å². The van der Waals surface area contributed by atoms with Crippen LogP contribution in [0, 0.1) is 0 Å². The number of nitrogens with one attached hydrogen (secondary N) is 1. The van der Waals surface area contributed by atoms with Crippen LogP contribution >= 0.6 is 0 Å².